The van der Waals surface area contributed by atoms with Crippen molar-refractivity contribution in [3.05, 3.63) is 35.4 Å². The van der Waals surface area contributed by atoms with Gasteiger partial charge in [-0.15, -0.1) is 0 Å². The second-order valence-corrected chi connectivity index (χ2v) is 4.50. The highest BCUT2D eigenvalue weighted by Gasteiger charge is 2.15. The lowest BCUT2D eigenvalue weighted by Gasteiger charge is -2.20. The first-order chi connectivity index (χ1) is 9.22. The van der Waals surface area contributed by atoms with Crippen LogP contribution in [0.15, 0.2) is 29.3 Å². The quantitative estimate of drug-likeness (QED) is 0.794. The summed E-state index contributed by atoms with van der Waals surface area (Å²) in [7, 11) is 0. The van der Waals surface area contributed by atoms with Crippen LogP contribution in [0.25, 0.3) is 5.70 Å². The molecule has 4 nitrogen and oxygen atoms in total. The van der Waals surface area contributed by atoms with E-state index in [0.29, 0.717) is 13.0 Å². The minimum atomic E-state index is -0.288. The van der Waals surface area contributed by atoms with Gasteiger partial charge in [0.15, 0.2) is 0 Å². The predicted molar refractivity (Wildman–Crippen MR) is 78.4 cm³/mol. The number of amides is 1. The van der Waals surface area contributed by atoms with Crippen molar-refractivity contribution < 1.29 is 4.79 Å². The normalized spacial score (nSPS) is 14.1. The lowest BCUT2D eigenvalue weighted by molar-refractivity contribution is -0.117. The van der Waals surface area contributed by atoms with Crippen molar-refractivity contribution in [1.29, 1.82) is 0 Å². The zero-order chi connectivity index (χ0) is 13.7. The molecule has 1 aromatic carbocycles. The van der Waals surface area contributed by atoms with E-state index < -0.39 is 0 Å². The standard InChI is InChI=1S/C15H19N3O/c1-2-17-12-7-3-5-11-6-4-8-13(15(11)12)18-10-9-14(16)19/h2-3,5,7-8,18H,4,6,9-10H2,1H3,(H2,16,19)/b17-2-. The van der Waals surface area contributed by atoms with Crippen LogP contribution in [0.2, 0.25) is 0 Å². The Morgan fingerprint density at radius 1 is 1.53 bits per heavy atom. The molecule has 1 aromatic rings. The molecule has 19 heavy (non-hydrogen) atoms. The summed E-state index contributed by atoms with van der Waals surface area (Å²) in [6.07, 6.45) is 6.34. The lowest BCUT2D eigenvalue weighted by atomic mass is 9.93. The van der Waals surface area contributed by atoms with Crippen molar-refractivity contribution >= 4 is 23.5 Å². The number of aliphatic imine (C=N–C) groups is 1. The van der Waals surface area contributed by atoms with Crippen LogP contribution in [0, 0.1) is 0 Å². The summed E-state index contributed by atoms with van der Waals surface area (Å²) < 4.78 is 0. The first-order valence-corrected chi connectivity index (χ1v) is 6.55. The molecule has 0 aromatic heterocycles. The Hall–Kier alpha value is -2.10. The number of allylic oxidation sites excluding steroid dienone is 1. The number of hydrogen-bond donors (Lipinski definition) is 2. The van der Waals surface area contributed by atoms with Crippen LogP contribution in [-0.4, -0.2) is 18.7 Å². The maximum absolute atomic E-state index is 10.8. The number of rotatable bonds is 5. The van der Waals surface area contributed by atoms with Crippen molar-refractivity contribution in [3.63, 3.8) is 0 Å². The largest absolute Gasteiger partial charge is 0.384 e. The summed E-state index contributed by atoms with van der Waals surface area (Å²) in [4.78, 5) is 15.2. The number of fused-ring (bicyclic) bond motifs is 1. The van der Waals surface area contributed by atoms with Gasteiger partial charge in [0.2, 0.25) is 5.91 Å². The number of nitrogens with two attached hydrogens (primary N) is 1. The van der Waals surface area contributed by atoms with E-state index in [2.05, 4.69) is 22.5 Å². The van der Waals surface area contributed by atoms with Gasteiger partial charge in [-0.1, -0.05) is 18.2 Å². The molecule has 1 aliphatic carbocycles. The van der Waals surface area contributed by atoms with Crippen LogP contribution >= 0.6 is 0 Å². The molecular weight excluding hydrogens is 238 g/mol. The van der Waals surface area contributed by atoms with Crippen molar-refractivity contribution in [2.75, 3.05) is 6.54 Å². The van der Waals surface area contributed by atoms with E-state index in [9.17, 15) is 4.79 Å². The first-order valence-electron chi connectivity index (χ1n) is 6.55. The molecule has 0 aliphatic heterocycles. The smallest absolute Gasteiger partial charge is 0.219 e. The highest BCUT2D eigenvalue weighted by molar-refractivity contribution is 5.80. The van der Waals surface area contributed by atoms with Crippen LogP contribution in [0.3, 0.4) is 0 Å². The summed E-state index contributed by atoms with van der Waals surface area (Å²) in [5.74, 6) is -0.288. The third-order valence-electron chi connectivity index (χ3n) is 3.12. The maximum Gasteiger partial charge on any atom is 0.219 e. The van der Waals surface area contributed by atoms with Gasteiger partial charge < -0.3 is 11.1 Å². The van der Waals surface area contributed by atoms with E-state index in [1.165, 1.54) is 5.56 Å². The first kappa shape index (κ1) is 13.3. The van der Waals surface area contributed by atoms with Crippen molar-refractivity contribution in [3.8, 4) is 0 Å². The molecule has 0 unspecified atom stereocenters. The van der Waals surface area contributed by atoms with E-state index in [4.69, 9.17) is 5.73 Å². The third kappa shape index (κ3) is 3.22. The Labute approximate surface area is 113 Å². The lowest BCUT2D eigenvalue weighted by Crippen LogP contribution is -2.22. The fraction of sp³-hybridized carbons (Fsp3) is 0.333. The fourth-order valence-electron chi connectivity index (χ4n) is 2.31. The summed E-state index contributed by atoms with van der Waals surface area (Å²) in [6.45, 7) is 2.47. The van der Waals surface area contributed by atoms with E-state index >= 15 is 0 Å². The van der Waals surface area contributed by atoms with Crippen LogP contribution in [0.5, 0.6) is 0 Å². The number of hydrogen-bond acceptors (Lipinski definition) is 3. The molecule has 0 saturated heterocycles. The molecule has 100 valence electrons. The molecule has 0 fully saturated rings. The van der Waals surface area contributed by atoms with Crippen LogP contribution in [-0.2, 0) is 11.2 Å². The van der Waals surface area contributed by atoms with Gasteiger partial charge >= 0.3 is 0 Å². The van der Waals surface area contributed by atoms with Gasteiger partial charge in [-0.3, -0.25) is 9.79 Å². The number of primary amides is 1. The number of carbonyl (C=O) groups excluding carboxylic acids is 1. The fourth-order valence-corrected chi connectivity index (χ4v) is 2.31. The average Bonchev–Trinajstić information content (AvgIpc) is 2.39. The monoisotopic (exact) mass is 257 g/mol. The minimum absolute atomic E-state index is 0.288. The third-order valence-corrected chi connectivity index (χ3v) is 3.12. The second-order valence-electron chi connectivity index (χ2n) is 4.50. The molecule has 2 rings (SSSR count). The molecule has 1 amide bonds. The topological polar surface area (TPSA) is 67.5 Å². The number of carbonyl (C=O) groups is 1. The molecule has 1 aliphatic rings. The molecule has 0 saturated carbocycles. The summed E-state index contributed by atoms with van der Waals surface area (Å²) in [5, 5.41) is 3.29. The Bertz CT molecular complexity index is 532. The van der Waals surface area contributed by atoms with Gasteiger partial charge in [0, 0.05) is 30.4 Å². The maximum atomic E-state index is 10.8. The summed E-state index contributed by atoms with van der Waals surface area (Å²) >= 11 is 0. The highest BCUT2D eigenvalue weighted by Crippen LogP contribution is 2.32. The molecular formula is C15H19N3O. The zero-order valence-electron chi connectivity index (χ0n) is 11.1. The van der Waals surface area contributed by atoms with E-state index in [0.717, 1.165) is 29.8 Å². The summed E-state index contributed by atoms with van der Waals surface area (Å²) in [5.41, 5.74) is 9.63. The van der Waals surface area contributed by atoms with Crippen molar-refractivity contribution in [2.45, 2.75) is 26.2 Å². The number of nitrogens with zero attached hydrogens (tertiary/aromatic N) is 1. The highest BCUT2D eigenvalue weighted by atomic mass is 16.1. The van der Waals surface area contributed by atoms with Crippen molar-refractivity contribution in [2.24, 2.45) is 10.7 Å². The van der Waals surface area contributed by atoms with Gasteiger partial charge in [0.05, 0.1) is 5.69 Å². The Kier molecular flexibility index (Phi) is 4.34. The Balaban J connectivity index is 2.24. The van der Waals surface area contributed by atoms with Crippen LogP contribution in [0.1, 0.15) is 30.9 Å². The van der Waals surface area contributed by atoms with Gasteiger partial charge in [0.1, 0.15) is 0 Å². The molecule has 3 N–H and O–H groups in total. The molecule has 0 heterocycles. The predicted octanol–water partition coefficient (Wildman–Crippen LogP) is 2.16. The SMILES string of the molecule is C/C=N\c1cccc2c1C(NCCC(N)=O)=CCC2. The second kappa shape index (κ2) is 6.18. The number of aryl methyl sites for hydroxylation is 1. The van der Waals surface area contributed by atoms with Gasteiger partial charge in [-0.2, -0.15) is 0 Å². The molecule has 0 spiro atoms. The Morgan fingerprint density at radius 3 is 3.11 bits per heavy atom. The van der Waals surface area contributed by atoms with Gasteiger partial charge in [-0.05, 0) is 31.4 Å². The summed E-state index contributed by atoms with van der Waals surface area (Å²) in [6, 6.07) is 6.17. The van der Waals surface area contributed by atoms with Crippen molar-refractivity contribution in [1.82, 2.24) is 5.32 Å². The number of nitrogens with one attached hydrogen (secondary N) is 1. The molecule has 0 atom stereocenters. The van der Waals surface area contributed by atoms with Crippen LogP contribution < -0.4 is 11.1 Å². The van der Waals surface area contributed by atoms with E-state index in [1.54, 1.807) is 6.21 Å². The van der Waals surface area contributed by atoms with Gasteiger partial charge in [0.25, 0.3) is 0 Å². The molecule has 4 heteroatoms. The zero-order valence-corrected chi connectivity index (χ0v) is 11.1. The molecule has 0 radical (unpaired) electrons. The van der Waals surface area contributed by atoms with E-state index in [-0.39, 0.29) is 5.91 Å². The minimum Gasteiger partial charge on any atom is -0.384 e. The Morgan fingerprint density at radius 2 is 2.37 bits per heavy atom. The average molecular weight is 257 g/mol. The molecule has 0 bridgehead atoms. The van der Waals surface area contributed by atoms with Crippen LogP contribution in [0.4, 0.5) is 5.69 Å². The number of benzene rings is 1. The van der Waals surface area contributed by atoms with E-state index in [1.807, 2.05) is 19.1 Å². The van der Waals surface area contributed by atoms with Gasteiger partial charge in [-0.25, -0.2) is 0 Å².